The first kappa shape index (κ1) is 11.1. The Balaban J connectivity index is 1.84. The third kappa shape index (κ3) is 2.30. The molecule has 0 saturated heterocycles. The molecular formula is C13H16N4O. The van der Waals surface area contributed by atoms with Crippen molar-refractivity contribution in [2.24, 2.45) is 0 Å². The zero-order chi connectivity index (χ0) is 12.4. The normalized spacial score (nSPS) is 14.5. The quantitative estimate of drug-likeness (QED) is 0.874. The Morgan fingerprint density at radius 2 is 2.33 bits per heavy atom. The monoisotopic (exact) mass is 244 g/mol. The second-order valence-corrected chi connectivity index (χ2v) is 4.45. The summed E-state index contributed by atoms with van der Waals surface area (Å²) in [6.07, 6.45) is 7.66. The molecule has 18 heavy (non-hydrogen) atoms. The number of hydrogen-bond donors (Lipinski definition) is 1. The summed E-state index contributed by atoms with van der Waals surface area (Å²) in [6.45, 7) is 0.750. The van der Waals surface area contributed by atoms with Crippen LogP contribution in [0.3, 0.4) is 0 Å². The van der Waals surface area contributed by atoms with Crippen molar-refractivity contribution in [1.29, 1.82) is 0 Å². The van der Waals surface area contributed by atoms with Gasteiger partial charge in [0.25, 0.3) is 0 Å². The summed E-state index contributed by atoms with van der Waals surface area (Å²) in [6, 6.07) is 4.47. The van der Waals surface area contributed by atoms with E-state index in [9.17, 15) is 0 Å². The molecule has 94 valence electrons. The Kier molecular flexibility index (Phi) is 2.88. The summed E-state index contributed by atoms with van der Waals surface area (Å²) in [5, 5.41) is 3.02. The maximum atomic E-state index is 5.41. The molecule has 0 spiro atoms. The fraction of sp³-hybridized carbons (Fsp3) is 0.385. The lowest BCUT2D eigenvalue weighted by atomic mass is 10.3. The van der Waals surface area contributed by atoms with Gasteiger partial charge in [0, 0.05) is 13.1 Å². The van der Waals surface area contributed by atoms with Crippen molar-refractivity contribution in [3.63, 3.8) is 0 Å². The third-order valence-electron chi connectivity index (χ3n) is 3.07. The first-order chi connectivity index (χ1) is 8.86. The summed E-state index contributed by atoms with van der Waals surface area (Å²) in [4.78, 5) is 11.0. The van der Waals surface area contributed by atoms with Crippen molar-refractivity contribution >= 4 is 11.6 Å². The molecule has 5 heteroatoms. The summed E-state index contributed by atoms with van der Waals surface area (Å²) in [5.41, 5.74) is 0. The molecule has 0 unspecified atom stereocenters. The van der Waals surface area contributed by atoms with Crippen LogP contribution >= 0.6 is 0 Å². The zero-order valence-corrected chi connectivity index (χ0v) is 10.3. The molecule has 0 atom stereocenters. The topological polar surface area (TPSA) is 54.2 Å². The van der Waals surface area contributed by atoms with Crippen LogP contribution in [0.5, 0.6) is 0 Å². The van der Waals surface area contributed by atoms with Crippen molar-refractivity contribution in [3.8, 4) is 0 Å². The number of nitrogens with zero attached hydrogens (tertiary/aromatic N) is 3. The lowest BCUT2D eigenvalue weighted by Gasteiger charge is -2.22. The molecule has 1 fully saturated rings. The van der Waals surface area contributed by atoms with Crippen LogP contribution in [0.1, 0.15) is 18.6 Å². The van der Waals surface area contributed by atoms with E-state index in [-0.39, 0.29) is 0 Å². The second-order valence-electron chi connectivity index (χ2n) is 4.45. The van der Waals surface area contributed by atoms with Crippen molar-refractivity contribution in [1.82, 2.24) is 9.97 Å². The fourth-order valence-corrected chi connectivity index (χ4v) is 1.97. The Morgan fingerprint density at radius 1 is 1.44 bits per heavy atom. The molecule has 3 rings (SSSR count). The SMILES string of the molecule is CNc1cncc(N(Cc2ccco2)C2CC2)n1. The molecule has 0 amide bonds. The number of rotatable bonds is 5. The van der Waals surface area contributed by atoms with Crippen molar-refractivity contribution in [3.05, 3.63) is 36.5 Å². The molecule has 0 bridgehead atoms. The number of aromatic nitrogens is 2. The standard InChI is InChI=1S/C13H16N4O/c1-14-12-7-15-8-13(16-12)17(10-4-5-10)9-11-3-2-6-18-11/h2-3,6-8,10H,4-5,9H2,1H3,(H,14,16). The smallest absolute Gasteiger partial charge is 0.150 e. The largest absolute Gasteiger partial charge is 0.467 e. The van der Waals surface area contributed by atoms with Crippen LogP contribution in [0.4, 0.5) is 11.6 Å². The van der Waals surface area contributed by atoms with E-state index in [4.69, 9.17) is 4.42 Å². The maximum absolute atomic E-state index is 5.41. The Bertz CT molecular complexity index is 507. The predicted molar refractivity (Wildman–Crippen MR) is 69.5 cm³/mol. The van der Waals surface area contributed by atoms with Gasteiger partial charge >= 0.3 is 0 Å². The molecule has 2 aromatic rings. The molecular weight excluding hydrogens is 228 g/mol. The first-order valence-electron chi connectivity index (χ1n) is 6.15. The van der Waals surface area contributed by atoms with E-state index in [1.165, 1.54) is 12.8 Å². The molecule has 5 nitrogen and oxygen atoms in total. The van der Waals surface area contributed by atoms with Gasteiger partial charge in [-0.3, -0.25) is 4.98 Å². The third-order valence-corrected chi connectivity index (χ3v) is 3.07. The highest BCUT2D eigenvalue weighted by Crippen LogP contribution is 2.32. The zero-order valence-electron chi connectivity index (χ0n) is 10.3. The maximum Gasteiger partial charge on any atom is 0.150 e. The lowest BCUT2D eigenvalue weighted by molar-refractivity contribution is 0.500. The molecule has 1 saturated carbocycles. The molecule has 0 radical (unpaired) electrons. The molecule has 0 aromatic carbocycles. The van der Waals surface area contributed by atoms with E-state index < -0.39 is 0 Å². The van der Waals surface area contributed by atoms with E-state index >= 15 is 0 Å². The molecule has 0 aliphatic heterocycles. The van der Waals surface area contributed by atoms with E-state index in [0.717, 1.165) is 23.9 Å². The Hall–Kier alpha value is -2.04. The second kappa shape index (κ2) is 4.68. The van der Waals surface area contributed by atoms with Crippen molar-refractivity contribution in [2.75, 3.05) is 17.3 Å². The van der Waals surface area contributed by atoms with Crippen LogP contribution in [0.15, 0.2) is 35.2 Å². The van der Waals surface area contributed by atoms with Gasteiger partial charge in [0.2, 0.25) is 0 Å². The number of nitrogens with one attached hydrogen (secondary N) is 1. The van der Waals surface area contributed by atoms with Gasteiger partial charge in [-0.15, -0.1) is 0 Å². The molecule has 1 aliphatic rings. The van der Waals surface area contributed by atoms with E-state index in [1.54, 1.807) is 12.5 Å². The van der Waals surface area contributed by atoms with Crippen molar-refractivity contribution in [2.45, 2.75) is 25.4 Å². The van der Waals surface area contributed by atoms with Gasteiger partial charge in [-0.1, -0.05) is 0 Å². The summed E-state index contributed by atoms with van der Waals surface area (Å²) in [5.74, 6) is 2.65. The summed E-state index contributed by atoms with van der Waals surface area (Å²) in [7, 11) is 1.85. The highest BCUT2D eigenvalue weighted by atomic mass is 16.3. The van der Waals surface area contributed by atoms with Crippen LogP contribution in [-0.4, -0.2) is 23.1 Å². The minimum Gasteiger partial charge on any atom is -0.467 e. The van der Waals surface area contributed by atoms with Crippen LogP contribution in [0.2, 0.25) is 0 Å². The highest BCUT2D eigenvalue weighted by molar-refractivity contribution is 5.45. The van der Waals surface area contributed by atoms with E-state index in [0.29, 0.717) is 6.04 Å². The summed E-state index contributed by atoms with van der Waals surface area (Å²) >= 11 is 0. The lowest BCUT2D eigenvalue weighted by Crippen LogP contribution is -2.26. The van der Waals surface area contributed by atoms with Gasteiger partial charge in [-0.25, -0.2) is 4.98 Å². The van der Waals surface area contributed by atoms with E-state index in [2.05, 4.69) is 20.2 Å². The molecule has 2 aromatic heterocycles. The Morgan fingerprint density at radius 3 is 3.00 bits per heavy atom. The fourth-order valence-electron chi connectivity index (χ4n) is 1.97. The minimum atomic E-state index is 0.566. The average Bonchev–Trinajstić information content (AvgIpc) is 3.13. The van der Waals surface area contributed by atoms with Crippen molar-refractivity contribution < 1.29 is 4.42 Å². The summed E-state index contributed by atoms with van der Waals surface area (Å²) < 4.78 is 5.41. The highest BCUT2D eigenvalue weighted by Gasteiger charge is 2.30. The molecule has 2 heterocycles. The van der Waals surface area contributed by atoms with Gasteiger partial charge < -0.3 is 14.6 Å². The predicted octanol–water partition coefficient (Wildman–Crippen LogP) is 2.28. The number of furan rings is 1. The molecule has 1 aliphatic carbocycles. The van der Waals surface area contributed by atoms with Crippen LogP contribution in [-0.2, 0) is 6.54 Å². The van der Waals surface area contributed by atoms with Crippen LogP contribution in [0, 0.1) is 0 Å². The first-order valence-corrected chi connectivity index (χ1v) is 6.15. The number of anilines is 2. The minimum absolute atomic E-state index is 0.566. The van der Waals surface area contributed by atoms with Gasteiger partial charge in [-0.2, -0.15) is 0 Å². The Labute approximate surface area is 106 Å². The van der Waals surface area contributed by atoms with Gasteiger partial charge in [-0.05, 0) is 25.0 Å². The van der Waals surface area contributed by atoms with Gasteiger partial charge in [0.05, 0.1) is 25.2 Å². The average molecular weight is 244 g/mol. The van der Waals surface area contributed by atoms with Crippen LogP contribution < -0.4 is 10.2 Å². The van der Waals surface area contributed by atoms with Gasteiger partial charge in [0.1, 0.15) is 17.4 Å². The molecule has 1 N–H and O–H groups in total. The van der Waals surface area contributed by atoms with Crippen LogP contribution in [0.25, 0.3) is 0 Å². The van der Waals surface area contributed by atoms with E-state index in [1.807, 2.05) is 25.4 Å². The van der Waals surface area contributed by atoms with Gasteiger partial charge in [0.15, 0.2) is 0 Å². The number of hydrogen-bond acceptors (Lipinski definition) is 5.